The molecule has 0 aromatic carbocycles. The lowest BCUT2D eigenvalue weighted by Crippen LogP contribution is -2.74. The first kappa shape index (κ1) is 38.2. The molecule has 3 aliphatic carbocycles. The summed E-state index contributed by atoms with van der Waals surface area (Å²) in [5, 5.41) is 53.2. The molecule has 0 aromatic rings. The van der Waals surface area contributed by atoms with Crippen LogP contribution in [-0.4, -0.2) is 139 Å². The summed E-state index contributed by atoms with van der Waals surface area (Å²) in [6, 6.07) is 0. The van der Waals surface area contributed by atoms with Crippen LogP contribution in [0.2, 0.25) is 0 Å². The number of ether oxygens (including phenoxy) is 3. The minimum Gasteiger partial charge on any atom is -0.393 e. The molecule has 4 aliphatic rings. The Balaban J connectivity index is 1.36. The van der Waals surface area contributed by atoms with Gasteiger partial charge < -0.3 is 34.6 Å². The van der Waals surface area contributed by atoms with Gasteiger partial charge >= 0.3 is 0 Å². The second-order valence-electron chi connectivity index (χ2n) is 13.5. The fourth-order valence-electron chi connectivity index (χ4n) is 7.57. The molecule has 0 spiro atoms. The molecule has 1 saturated heterocycles. The van der Waals surface area contributed by atoms with Gasteiger partial charge in [0.2, 0.25) is 0 Å². The summed E-state index contributed by atoms with van der Waals surface area (Å²) in [5.41, 5.74) is 0. The summed E-state index contributed by atoms with van der Waals surface area (Å²) in [7, 11) is -6.94. The van der Waals surface area contributed by atoms with Crippen molar-refractivity contribution in [3.63, 3.8) is 0 Å². The van der Waals surface area contributed by atoms with Crippen molar-refractivity contribution in [2.45, 2.75) is 125 Å². The van der Waals surface area contributed by atoms with Crippen molar-refractivity contribution in [2.24, 2.45) is 17.8 Å². The first-order valence-electron chi connectivity index (χ1n) is 16.3. The van der Waals surface area contributed by atoms with Crippen LogP contribution in [0.5, 0.6) is 0 Å². The minimum atomic E-state index is -4.34. The van der Waals surface area contributed by atoms with Gasteiger partial charge in [0.05, 0.1) is 74.4 Å². The highest BCUT2D eigenvalue weighted by Crippen LogP contribution is 2.35. The SMILES string of the molecule is COC1CCC(C2NC(C3CCC(OCC(O)CS(=O)(=O)O)CC3O)NC(C3CCC(OCC(O)CS(=O)(=O)O)CC3O)N2)CC1. The van der Waals surface area contributed by atoms with Gasteiger partial charge in [-0.15, -0.1) is 0 Å². The summed E-state index contributed by atoms with van der Waals surface area (Å²) in [4.78, 5) is 0. The molecule has 4 rings (SSSR count). The van der Waals surface area contributed by atoms with Gasteiger partial charge in [-0.3, -0.25) is 25.1 Å². The van der Waals surface area contributed by atoms with Gasteiger partial charge in [0, 0.05) is 18.9 Å². The number of methoxy groups -OCH3 is 1. The van der Waals surface area contributed by atoms with Gasteiger partial charge in [-0.2, -0.15) is 16.8 Å². The number of hydrogen-bond donors (Lipinski definition) is 9. The van der Waals surface area contributed by atoms with Crippen molar-refractivity contribution < 1.29 is 60.6 Å². The summed E-state index contributed by atoms with van der Waals surface area (Å²) >= 11 is 0. The summed E-state index contributed by atoms with van der Waals surface area (Å²) in [6.45, 7) is -0.548. The molecule has 10 atom stereocenters. The van der Waals surface area contributed by atoms with Gasteiger partial charge in [-0.25, -0.2) is 0 Å². The number of hydrogen-bond acceptors (Lipinski definition) is 14. The highest BCUT2D eigenvalue weighted by atomic mass is 32.2. The molecule has 46 heavy (non-hydrogen) atoms. The van der Waals surface area contributed by atoms with Crippen LogP contribution in [-0.2, 0) is 34.4 Å². The number of rotatable bonds is 14. The Morgan fingerprint density at radius 3 is 1.39 bits per heavy atom. The van der Waals surface area contributed by atoms with E-state index < -0.39 is 56.2 Å². The Morgan fingerprint density at radius 2 is 1.02 bits per heavy atom. The maximum Gasteiger partial charge on any atom is 0.267 e. The van der Waals surface area contributed by atoms with Crippen LogP contribution in [0.1, 0.15) is 64.2 Å². The zero-order valence-corrected chi connectivity index (χ0v) is 27.9. The van der Waals surface area contributed by atoms with Crippen LogP contribution in [0.25, 0.3) is 0 Å². The van der Waals surface area contributed by atoms with Crippen LogP contribution < -0.4 is 16.0 Å². The lowest BCUT2D eigenvalue weighted by molar-refractivity contribution is -0.0892. The molecule has 16 nitrogen and oxygen atoms in total. The van der Waals surface area contributed by atoms with Crippen LogP contribution in [0, 0.1) is 17.8 Å². The molecule has 0 amide bonds. The maximum absolute atomic E-state index is 11.2. The average molecular weight is 704 g/mol. The van der Waals surface area contributed by atoms with Gasteiger partial charge in [-0.05, 0) is 70.1 Å². The molecule has 3 saturated carbocycles. The van der Waals surface area contributed by atoms with E-state index in [9.17, 15) is 37.3 Å². The smallest absolute Gasteiger partial charge is 0.267 e. The molecular formula is C28H53N3O13S2. The number of aliphatic hydroxyl groups excluding tert-OH is 4. The molecule has 18 heteroatoms. The van der Waals surface area contributed by atoms with Crippen molar-refractivity contribution in [1.82, 2.24) is 16.0 Å². The Morgan fingerprint density at radius 1 is 0.630 bits per heavy atom. The van der Waals surface area contributed by atoms with E-state index >= 15 is 0 Å². The van der Waals surface area contributed by atoms with Crippen LogP contribution in [0.3, 0.4) is 0 Å². The second-order valence-corrected chi connectivity index (χ2v) is 16.5. The monoisotopic (exact) mass is 703 g/mol. The van der Waals surface area contributed by atoms with Crippen LogP contribution in [0.15, 0.2) is 0 Å². The summed E-state index contributed by atoms with van der Waals surface area (Å²) in [5.74, 6) is -1.71. The highest BCUT2D eigenvalue weighted by Gasteiger charge is 2.45. The second kappa shape index (κ2) is 16.9. The third-order valence-electron chi connectivity index (χ3n) is 9.95. The van der Waals surface area contributed by atoms with Crippen molar-refractivity contribution in [3.05, 3.63) is 0 Å². The quantitative estimate of drug-likeness (QED) is 0.0938. The molecule has 1 heterocycles. The Hall–Kier alpha value is -0.580. The van der Waals surface area contributed by atoms with Crippen molar-refractivity contribution in [2.75, 3.05) is 31.8 Å². The molecule has 0 bridgehead atoms. The normalized spacial score (nSPS) is 39.5. The molecule has 0 aromatic heterocycles. The lowest BCUT2D eigenvalue weighted by Gasteiger charge is -2.51. The molecule has 270 valence electrons. The lowest BCUT2D eigenvalue weighted by atomic mass is 9.78. The van der Waals surface area contributed by atoms with Gasteiger partial charge in [0.1, 0.15) is 11.5 Å². The predicted molar refractivity (Wildman–Crippen MR) is 165 cm³/mol. The van der Waals surface area contributed by atoms with E-state index in [1.54, 1.807) is 7.11 Å². The molecule has 9 N–H and O–H groups in total. The van der Waals surface area contributed by atoms with Gasteiger partial charge in [0.15, 0.2) is 0 Å². The Bertz CT molecular complexity index is 1080. The van der Waals surface area contributed by atoms with E-state index in [0.29, 0.717) is 44.4 Å². The molecule has 1 aliphatic heterocycles. The molecular weight excluding hydrogens is 650 g/mol. The van der Waals surface area contributed by atoms with E-state index in [-0.39, 0.29) is 61.9 Å². The van der Waals surface area contributed by atoms with E-state index in [2.05, 4.69) is 16.0 Å². The van der Waals surface area contributed by atoms with Crippen LogP contribution >= 0.6 is 0 Å². The Labute approximate surface area is 271 Å². The standard InChI is InChI=1S/C28H53N3O13S2/c1-42-19-4-2-16(3-5-19)26-29-27(22-8-6-20(10-24(22)34)43-12-17(32)14-45(36,37)38)31-28(30-26)23-9-7-21(11-25(23)35)44-13-18(33)15-46(39,40)41/h16-35H,2-15H2,1H3,(H,36,37,38)(H,39,40,41). The first-order valence-corrected chi connectivity index (χ1v) is 19.5. The van der Waals surface area contributed by atoms with Gasteiger partial charge in [0.25, 0.3) is 20.2 Å². The van der Waals surface area contributed by atoms with Gasteiger partial charge in [-0.1, -0.05) is 0 Å². The molecule has 0 radical (unpaired) electrons. The van der Waals surface area contributed by atoms with Crippen LogP contribution in [0.4, 0.5) is 0 Å². The van der Waals surface area contributed by atoms with E-state index in [1.807, 2.05) is 0 Å². The van der Waals surface area contributed by atoms with Crippen molar-refractivity contribution in [1.29, 1.82) is 0 Å². The average Bonchev–Trinajstić information content (AvgIpc) is 2.97. The third-order valence-corrected chi connectivity index (χ3v) is 11.6. The third kappa shape index (κ3) is 11.8. The number of aliphatic hydroxyl groups is 4. The zero-order chi connectivity index (χ0) is 33.6. The molecule has 4 fully saturated rings. The largest absolute Gasteiger partial charge is 0.393 e. The van der Waals surface area contributed by atoms with E-state index in [4.69, 9.17) is 23.3 Å². The fourth-order valence-corrected chi connectivity index (χ4v) is 8.74. The predicted octanol–water partition coefficient (Wildman–Crippen LogP) is -1.46. The Kier molecular flexibility index (Phi) is 14.0. The molecule has 10 unspecified atom stereocenters. The highest BCUT2D eigenvalue weighted by molar-refractivity contribution is 7.86. The topological polar surface area (TPSA) is 253 Å². The maximum atomic E-state index is 11.2. The minimum absolute atomic E-state index is 0.0810. The van der Waals surface area contributed by atoms with E-state index in [0.717, 1.165) is 25.7 Å². The summed E-state index contributed by atoms with van der Waals surface area (Å²) < 4.78 is 78.9. The van der Waals surface area contributed by atoms with Crippen molar-refractivity contribution >= 4 is 20.2 Å². The summed E-state index contributed by atoms with van der Waals surface area (Å²) in [6.07, 6.45) is 1.26. The fraction of sp³-hybridized carbons (Fsp3) is 1.00. The van der Waals surface area contributed by atoms with Crippen molar-refractivity contribution in [3.8, 4) is 0 Å². The first-order chi connectivity index (χ1) is 21.6. The number of nitrogens with one attached hydrogen (secondary N) is 3. The zero-order valence-electron chi connectivity index (χ0n) is 26.3. The van der Waals surface area contributed by atoms with E-state index in [1.165, 1.54) is 0 Å².